The summed E-state index contributed by atoms with van der Waals surface area (Å²) in [5, 5.41) is 4.22. The highest BCUT2D eigenvalue weighted by molar-refractivity contribution is 6.42. The van der Waals surface area contributed by atoms with Gasteiger partial charge in [-0.2, -0.15) is 0 Å². The summed E-state index contributed by atoms with van der Waals surface area (Å²) in [6.45, 7) is 4.39. The molecule has 0 saturated carbocycles. The number of amides is 3. The summed E-state index contributed by atoms with van der Waals surface area (Å²) in [5.74, 6) is 1.18. The van der Waals surface area contributed by atoms with Crippen molar-refractivity contribution in [1.29, 1.82) is 0 Å². The van der Waals surface area contributed by atoms with E-state index in [-0.39, 0.29) is 18.6 Å². The second kappa shape index (κ2) is 12.6. The standard InChI is InChI=1S/C30H28Cl4N4O4/c1-16(2)42-25-14-19(41-3)6-7-20(25)29-36-27(17-4-8-21(31)23(33)12-17)28(18-5-9-22(32)24(34)13-18)38(29)30(40)37-11-10-35-26(39)15-37/h4-9,12-14,16,27-28H,10-11,15H2,1-3H3,(H,35,39)/t27-,28+/m1/s1. The lowest BCUT2D eigenvalue weighted by Crippen LogP contribution is -2.55. The van der Waals surface area contributed by atoms with E-state index in [0.717, 1.165) is 5.56 Å². The Kier molecular flexibility index (Phi) is 9.08. The third kappa shape index (κ3) is 6.13. The molecule has 42 heavy (non-hydrogen) atoms. The quantitative estimate of drug-likeness (QED) is 0.306. The summed E-state index contributed by atoms with van der Waals surface area (Å²) >= 11 is 25.5. The molecule has 0 aliphatic carbocycles. The molecular formula is C30H28Cl4N4O4. The lowest BCUT2D eigenvalue weighted by Gasteiger charge is -2.36. The van der Waals surface area contributed by atoms with Gasteiger partial charge < -0.3 is 19.7 Å². The van der Waals surface area contributed by atoms with E-state index in [0.29, 0.717) is 61.6 Å². The minimum Gasteiger partial charge on any atom is -0.497 e. The molecule has 5 rings (SSSR count). The monoisotopic (exact) mass is 648 g/mol. The maximum absolute atomic E-state index is 14.4. The lowest BCUT2D eigenvalue weighted by atomic mass is 9.93. The number of amidine groups is 1. The summed E-state index contributed by atoms with van der Waals surface area (Å²) in [4.78, 5) is 35.0. The Labute approximate surface area is 264 Å². The molecule has 1 fully saturated rings. The average molecular weight is 650 g/mol. The van der Waals surface area contributed by atoms with E-state index in [1.54, 1.807) is 48.4 Å². The highest BCUT2D eigenvalue weighted by Gasteiger charge is 2.45. The van der Waals surface area contributed by atoms with E-state index in [1.807, 2.05) is 32.0 Å². The van der Waals surface area contributed by atoms with Gasteiger partial charge in [0.05, 0.1) is 44.9 Å². The van der Waals surface area contributed by atoms with E-state index in [2.05, 4.69) is 5.32 Å². The zero-order valence-corrected chi connectivity index (χ0v) is 26.1. The van der Waals surface area contributed by atoms with Crippen LogP contribution in [0.2, 0.25) is 20.1 Å². The number of aliphatic imine (C=N–C) groups is 1. The molecule has 1 N–H and O–H groups in total. The Hall–Kier alpha value is -3.17. The maximum atomic E-state index is 14.4. The number of benzene rings is 3. The Bertz CT molecular complexity index is 1560. The van der Waals surface area contributed by atoms with Crippen molar-refractivity contribution in [3.8, 4) is 11.5 Å². The molecule has 8 nitrogen and oxygen atoms in total. The normalized spacial score (nSPS) is 18.7. The van der Waals surface area contributed by atoms with Crippen molar-refractivity contribution in [2.24, 2.45) is 4.99 Å². The number of rotatable bonds is 6. The molecular weight excluding hydrogens is 622 g/mol. The Balaban J connectivity index is 1.74. The van der Waals surface area contributed by atoms with Crippen molar-refractivity contribution in [2.75, 3.05) is 26.7 Å². The van der Waals surface area contributed by atoms with Gasteiger partial charge in [0.1, 0.15) is 29.9 Å². The minimum atomic E-state index is -0.682. The van der Waals surface area contributed by atoms with Crippen molar-refractivity contribution < 1.29 is 19.1 Å². The fourth-order valence-electron chi connectivity index (χ4n) is 5.05. The van der Waals surface area contributed by atoms with Crippen LogP contribution in [0, 0.1) is 0 Å². The molecule has 0 spiro atoms. The summed E-state index contributed by atoms with van der Waals surface area (Å²) in [7, 11) is 1.57. The molecule has 2 aliphatic heterocycles. The molecule has 220 valence electrons. The minimum absolute atomic E-state index is 0.0912. The van der Waals surface area contributed by atoms with Gasteiger partial charge in [-0.1, -0.05) is 58.5 Å². The van der Waals surface area contributed by atoms with Gasteiger partial charge in [0.25, 0.3) is 0 Å². The molecule has 2 heterocycles. The summed E-state index contributed by atoms with van der Waals surface area (Å²) in [6.07, 6.45) is -0.176. The van der Waals surface area contributed by atoms with Crippen LogP contribution in [0.25, 0.3) is 0 Å². The second-order valence-electron chi connectivity index (χ2n) is 10.1. The number of nitrogens with one attached hydrogen (secondary N) is 1. The first kappa shape index (κ1) is 30.3. The van der Waals surface area contributed by atoms with Crippen LogP contribution in [0.3, 0.4) is 0 Å². The van der Waals surface area contributed by atoms with E-state index in [1.165, 1.54) is 4.90 Å². The number of piperazine rings is 1. The van der Waals surface area contributed by atoms with Gasteiger partial charge in [-0.25, -0.2) is 4.79 Å². The summed E-state index contributed by atoms with van der Waals surface area (Å²) in [6, 6.07) is 14.1. The Morgan fingerprint density at radius 3 is 2.24 bits per heavy atom. The van der Waals surface area contributed by atoms with E-state index >= 15 is 0 Å². The smallest absolute Gasteiger partial charge is 0.326 e. The zero-order chi connectivity index (χ0) is 30.1. The van der Waals surface area contributed by atoms with Gasteiger partial charge in [-0.3, -0.25) is 14.7 Å². The summed E-state index contributed by atoms with van der Waals surface area (Å²) in [5.41, 5.74) is 1.99. The van der Waals surface area contributed by atoms with Gasteiger partial charge in [0.2, 0.25) is 5.91 Å². The number of nitrogens with zero attached hydrogens (tertiary/aromatic N) is 3. The topological polar surface area (TPSA) is 83.5 Å². The molecule has 1 saturated heterocycles. The molecule has 3 aromatic carbocycles. The van der Waals surface area contributed by atoms with E-state index < -0.39 is 18.1 Å². The predicted octanol–water partition coefficient (Wildman–Crippen LogP) is 7.19. The molecule has 12 heteroatoms. The van der Waals surface area contributed by atoms with Crippen molar-refractivity contribution in [3.05, 3.63) is 91.4 Å². The molecule has 0 aromatic heterocycles. The first-order chi connectivity index (χ1) is 20.1. The van der Waals surface area contributed by atoms with Gasteiger partial charge in [0.15, 0.2) is 0 Å². The molecule has 0 radical (unpaired) electrons. The number of urea groups is 1. The summed E-state index contributed by atoms with van der Waals surface area (Å²) < 4.78 is 11.6. The number of carbonyl (C=O) groups excluding carboxylic acids is 2. The van der Waals surface area contributed by atoms with Crippen LogP contribution in [-0.2, 0) is 4.79 Å². The number of methoxy groups -OCH3 is 1. The Morgan fingerprint density at radius 1 is 0.952 bits per heavy atom. The third-order valence-electron chi connectivity index (χ3n) is 6.94. The van der Waals surface area contributed by atoms with Crippen LogP contribution in [0.1, 0.15) is 42.6 Å². The van der Waals surface area contributed by atoms with Crippen LogP contribution in [0.4, 0.5) is 4.79 Å². The first-order valence-corrected chi connectivity index (χ1v) is 14.8. The Morgan fingerprint density at radius 2 is 1.62 bits per heavy atom. The fourth-order valence-corrected chi connectivity index (χ4v) is 5.66. The van der Waals surface area contributed by atoms with Crippen LogP contribution in [0.5, 0.6) is 11.5 Å². The number of hydrogen-bond acceptors (Lipinski definition) is 5. The van der Waals surface area contributed by atoms with Crippen LogP contribution in [0.15, 0.2) is 59.6 Å². The van der Waals surface area contributed by atoms with Crippen molar-refractivity contribution >= 4 is 64.2 Å². The largest absolute Gasteiger partial charge is 0.497 e. The van der Waals surface area contributed by atoms with Gasteiger partial charge in [0, 0.05) is 19.2 Å². The number of carbonyl (C=O) groups is 2. The number of halogens is 4. The second-order valence-corrected chi connectivity index (χ2v) is 11.8. The van der Waals surface area contributed by atoms with Gasteiger partial charge >= 0.3 is 6.03 Å². The van der Waals surface area contributed by atoms with Gasteiger partial charge in [-0.15, -0.1) is 0 Å². The lowest BCUT2D eigenvalue weighted by molar-refractivity contribution is -0.123. The highest BCUT2D eigenvalue weighted by Crippen LogP contribution is 2.47. The molecule has 0 bridgehead atoms. The SMILES string of the molecule is COc1ccc(C2=N[C@H](c3ccc(Cl)c(Cl)c3)[C@H](c3ccc(Cl)c(Cl)c3)N2C(=O)N2CCNC(=O)C2)c(OC(C)C)c1. The van der Waals surface area contributed by atoms with E-state index in [9.17, 15) is 9.59 Å². The first-order valence-electron chi connectivity index (χ1n) is 13.2. The van der Waals surface area contributed by atoms with Crippen molar-refractivity contribution in [3.63, 3.8) is 0 Å². The molecule has 3 aromatic rings. The van der Waals surface area contributed by atoms with Crippen molar-refractivity contribution in [1.82, 2.24) is 15.1 Å². The van der Waals surface area contributed by atoms with E-state index in [4.69, 9.17) is 60.9 Å². The molecule has 0 unspecified atom stereocenters. The fraction of sp³-hybridized carbons (Fsp3) is 0.300. The van der Waals surface area contributed by atoms with Gasteiger partial charge in [-0.05, 0) is 61.4 Å². The van der Waals surface area contributed by atoms with Crippen LogP contribution >= 0.6 is 46.4 Å². The van der Waals surface area contributed by atoms with Crippen LogP contribution < -0.4 is 14.8 Å². The van der Waals surface area contributed by atoms with Crippen molar-refractivity contribution in [2.45, 2.75) is 32.0 Å². The number of hydrogen-bond donors (Lipinski definition) is 1. The zero-order valence-electron chi connectivity index (χ0n) is 23.0. The average Bonchev–Trinajstić information content (AvgIpc) is 3.35. The molecule has 2 atom stereocenters. The molecule has 2 aliphatic rings. The maximum Gasteiger partial charge on any atom is 0.326 e. The molecule has 3 amide bonds. The highest BCUT2D eigenvalue weighted by atomic mass is 35.5. The predicted molar refractivity (Wildman–Crippen MR) is 166 cm³/mol. The number of ether oxygens (including phenoxy) is 2. The third-order valence-corrected chi connectivity index (χ3v) is 8.42. The van der Waals surface area contributed by atoms with Crippen LogP contribution in [-0.4, -0.2) is 60.4 Å².